The van der Waals surface area contributed by atoms with E-state index in [1.807, 2.05) is 0 Å². The first-order chi connectivity index (χ1) is 14.2. The molecule has 0 aromatic heterocycles. The van der Waals surface area contributed by atoms with Crippen LogP contribution in [0.25, 0.3) is 0 Å². The number of carboxylic acid groups (broad SMARTS) is 1. The van der Waals surface area contributed by atoms with Crippen molar-refractivity contribution in [3.8, 4) is 0 Å². The Bertz CT molecular complexity index is 872. The van der Waals surface area contributed by atoms with Crippen LogP contribution in [0.5, 0.6) is 0 Å². The number of hydrogen-bond acceptors (Lipinski definition) is 2. The fourth-order valence-electron chi connectivity index (χ4n) is 5.56. The summed E-state index contributed by atoms with van der Waals surface area (Å²) in [6, 6.07) is 18.8. The van der Waals surface area contributed by atoms with Crippen LogP contribution in [0, 0.1) is 0 Å². The minimum Gasteiger partial charge on any atom is -0.465 e. The summed E-state index contributed by atoms with van der Waals surface area (Å²) in [6.07, 6.45) is 5.81. The zero-order valence-corrected chi connectivity index (χ0v) is 16.9. The van der Waals surface area contributed by atoms with E-state index in [0.29, 0.717) is 17.9 Å². The maximum Gasteiger partial charge on any atom is 0.404 e. The second kappa shape index (κ2) is 7.83. The van der Waals surface area contributed by atoms with Gasteiger partial charge < -0.3 is 10.4 Å². The molecule has 0 spiro atoms. The molecule has 2 fully saturated rings. The molecule has 0 unspecified atom stereocenters. The third kappa shape index (κ3) is 3.78. The van der Waals surface area contributed by atoms with Gasteiger partial charge in [-0.05, 0) is 79.8 Å². The van der Waals surface area contributed by atoms with Gasteiger partial charge in [0.15, 0.2) is 0 Å². The van der Waals surface area contributed by atoms with E-state index >= 15 is 0 Å². The summed E-state index contributed by atoms with van der Waals surface area (Å²) < 4.78 is 0. The van der Waals surface area contributed by atoms with Gasteiger partial charge in [-0.3, -0.25) is 4.90 Å². The largest absolute Gasteiger partial charge is 0.465 e. The fourth-order valence-corrected chi connectivity index (χ4v) is 5.56. The van der Waals surface area contributed by atoms with Gasteiger partial charge in [0.1, 0.15) is 0 Å². The number of nitrogens with one attached hydrogen (secondary N) is 1. The molecule has 1 saturated heterocycles. The molecule has 2 N–H and O–H groups in total. The van der Waals surface area contributed by atoms with Crippen LogP contribution in [-0.2, 0) is 12.8 Å². The van der Waals surface area contributed by atoms with Crippen molar-refractivity contribution in [2.45, 2.75) is 62.4 Å². The molecule has 29 heavy (non-hydrogen) atoms. The number of hydrogen-bond donors (Lipinski definition) is 2. The normalized spacial score (nSPS) is 28.7. The highest BCUT2D eigenvalue weighted by Gasteiger charge is 2.37. The van der Waals surface area contributed by atoms with Gasteiger partial charge in [-0.2, -0.15) is 0 Å². The summed E-state index contributed by atoms with van der Waals surface area (Å²) in [5, 5.41) is 11.6. The summed E-state index contributed by atoms with van der Waals surface area (Å²) in [4.78, 5) is 13.6. The number of benzene rings is 2. The number of amides is 1. The van der Waals surface area contributed by atoms with E-state index < -0.39 is 6.09 Å². The summed E-state index contributed by atoms with van der Waals surface area (Å²) in [5.41, 5.74) is 5.89. The van der Waals surface area contributed by atoms with Crippen LogP contribution in [0.15, 0.2) is 48.5 Å². The second-order valence-electron chi connectivity index (χ2n) is 9.06. The maximum absolute atomic E-state index is 10.9. The number of carbonyl (C=O) groups is 1. The van der Waals surface area contributed by atoms with E-state index in [-0.39, 0.29) is 6.04 Å². The first kappa shape index (κ1) is 18.7. The van der Waals surface area contributed by atoms with Crippen LogP contribution >= 0.6 is 0 Å². The highest BCUT2D eigenvalue weighted by atomic mass is 16.4. The molecule has 4 heteroatoms. The molecule has 2 aromatic carbocycles. The van der Waals surface area contributed by atoms with E-state index in [4.69, 9.17) is 5.11 Å². The molecule has 152 valence electrons. The molecule has 2 atom stereocenters. The van der Waals surface area contributed by atoms with Gasteiger partial charge in [0.05, 0.1) is 0 Å². The standard InChI is InChI=1S/C25H30N2O2/c28-25(29)26-21-14-20(15-21)19-8-7-18-9-10-24(27-11-4-12-27)23(22(18)16-19)13-17-5-2-1-3-6-17/h1-3,5-8,16,20-21,23-24,26H,4,9-15H2,(H,28,29)/t20?,21?,23-,24+/m1/s1. The summed E-state index contributed by atoms with van der Waals surface area (Å²) in [7, 11) is 0. The van der Waals surface area contributed by atoms with Gasteiger partial charge in [-0.1, -0.05) is 48.5 Å². The average molecular weight is 391 g/mol. The molecule has 4 nitrogen and oxygen atoms in total. The maximum atomic E-state index is 10.9. The fraction of sp³-hybridized carbons (Fsp3) is 0.480. The lowest BCUT2D eigenvalue weighted by Gasteiger charge is -2.46. The van der Waals surface area contributed by atoms with Gasteiger partial charge in [-0.25, -0.2) is 4.79 Å². The van der Waals surface area contributed by atoms with E-state index in [9.17, 15) is 4.79 Å². The molecular weight excluding hydrogens is 360 g/mol. The molecule has 2 aromatic rings. The van der Waals surface area contributed by atoms with Crippen molar-refractivity contribution in [2.24, 2.45) is 0 Å². The molecule has 2 aliphatic carbocycles. The van der Waals surface area contributed by atoms with Gasteiger partial charge in [-0.15, -0.1) is 0 Å². The molecule has 1 amide bonds. The molecular formula is C25H30N2O2. The smallest absolute Gasteiger partial charge is 0.404 e. The van der Waals surface area contributed by atoms with Crippen molar-refractivity contribution < 1.29 is 9.90 Å². The zero-order chi connectivity index (χ0) is 19.8. The Kier molecular flexibility index (Phi) is 5.04. The molecule has 0 bridgehead atoms. The molecule has 1 saturated carbocycles. The lowest BCUT2D eigenvalue weighted by atomic mass is 9.71. The predicted octanol–water partition coefficient (Wildman–Crippen LogP) is 4.55. The summed E-state index contributed by atoms with van der Waals surface area (Å²) >= 11 is 0. The SMILES string of the molecule is O=C(O)NC1CC(c2ccc3c(c2)[C@@H](Cc2ccccc2)[C@@H](N2CCC2)CC3)C1. The Morgan fingerprint density at radius 1 is 1.10 bits per heavy atom. The second-order valence-corrected chi connectivity index (χ2v) is 9.06. The topological polar surface area (TPSA) is 52.6 Å². The highest BCUT2D eigenvalue weighted by Crippen LogP contribution is 2.43. The summed E-state index contributed by atoms with van der Waals surface area (Å²) in [5.74, 6) is 1.04. The predicted molar refractivity (Wildman–Crippen MR) is 115 cm³/mol. The van der Waals surface area contributed by atoms with E-state index in [0.717, 1.165) is 19.3 Å². The van der Waals surface area contributed by atoms with Gasteiger partial charge in [0, 0.05) is 18.0 Å². The van der Waals surface area contributed by atoms with Crippen molar-refractivity contribution in [3.63, 3.8) is 0 Å². The van der Waals surface area contributed by atoms with Crippen molar-refractivity contribution in [1.29, 1.82) is 0 Å². The molecule has 5 rings (SSSR count). The first-order valence-electron chi connectivity index (χ1n) is 11.1. The van der Waals surface area contributed by atoms with Crippen LogP contribution in [0.1, 0.15) is 59.8 Å². The number of likely N-dealkylation sites (tertiary alicyclic amines) is 1. The lowest BCUT2D eigenvalue weighted by molar-refractivity contribution is 0.0876. The summed E-state index contributed by atoms with van der Waals surface area (Å²) in [6.45, 7) is 2.49. The van der Waals surface area contributed by atoms with Gasteiger partial charge in [0.2, 0.25) is 0 Å². The Labute approximate surface area is 172 Å². The number of nitrogens with zero attached hydrogens (tertiary/aromatic N) is 1. The Balaban J connectivity index is 1.40. The Morgan fingerprint density at radius 3 is 2.59 bits per heavy atom. The third-order valence-electron chi connectivity index (χ3n) is 7.34. The van der Waals surface area contributed by atoms with E-state index in [2.05, 4.69) is 58.7 Å². The highest BCUT2D eigenvalue weighted by molar-refractivity contribution is 5.65. The van der Waals surface area contributed by atoms with Crippen LogP contribution < -0.4 is 5.32 Å². The third-order valence-corrected chi connectivity index (χ3v) is 7.34. The van der Waals surface area contributed by atoms with E-state index in [1.54, 1.807) is 5.56 Å². The molecule has 1 heterocycles. The van der Waals surface area contributed by atoms with Crippen LogP contribution in [0.3, 0.4) is 0 Å². The van der Waals surface area contributed by atoms with Crippen LogP contribution in [-0.4, -0.2) is 41.3 Å². The van der Waals surface area contributed by atoms with Crippen LogP contribution in [0.4, 0.5) is 4.79 Å². The van der Waals surface area contributed by atoms with Gasteiger partial charge in [0.25, 0.3) is 0 Å². The van der Waals surface area contributed by atoms with Crippen molar-refractivity contribution in [1.82, 2.24) is 10.2 Å². The van der Waals surface area contributed by atoms with Gasteiger partial charge >= 0.3 is 6.09 Å². The quantitative estimate of drug-likeness (QED) is 0.788. The minimum atomic E-state index is -0.904. The zero-order valence-electron chi connectivity index (χ0n) is 16.9. The van der Waals surface area contributed by atoms with Crippen molar-refractivity contribution in [3.05, 3.63) is 70.8 Å². The van der Waals surface area contributed by atoms with E-state index in [1.165, 1.54) is 49.0 Å². The molecule has 3 aliphatic rings. The van der Waals surface area contributed by atoms with Crippen molar-refractivity contribution >= 4 is 6.09 Å². The number of aryl methyl sites for hydroxylation is 1. The minimum absolute atomic E-state index is 0.113. The molecule has 0 radical (unpaired) electrons. The number of fused-ring (bicyclic) bond motifs is 1. The van der Waals surface area contributed by atoms with Crippen molar-refractivity contribution in [2.75, 3.05) is 13.1 Å². The molecule has 1 aliphatic heterocycles. The Morgan fingerprint density at radius 2 is 1.90 bits per heavy atom. The average Bonchev–Trinajstić information content (AvgIpc) is 2.65. The lowest BCUT2D eigenvalue weighted by Crippen LogP contribution is -2.50. The van der Waals surface area contributed by atoms with Crippen LogP contribution in [0.2, 0.25) is 0 Å². The number of rotatable bonds is 5. The monoisotopic (exact) mass is 390 g/mol. The Hall–Kier alpha value is -2.33. The first-order valence-corrected chi connectivity index (χ1v) is 11.1.